The van der Waals surface area contributed by atoms with Gasteiger partial charge in [0, 0.05) is 6.54 Å². The minimum absolute atomic E-state index is 0.0819. The van der Waals surface area contributed by atoms with Crippen LogP contribution in [0.3, 0.4) is 0 Å². The molecule has 1 aliphatic heterocycles. The van der Waals surface area contributed by atoms with Gasteiger partial charge in [-0.25, -0.2) is 12.8 Å². The van der Waals surface area contributed by atoms with E-state index in [2.05, 4.69) is 0 Å². The zero-order chi connectivity index (χ0) is 15.1. The quantitative estimate of drug-likeness (QED) is 0.923. The van der Waals surface area contributed by atoms with Gasteiger partial charge in [-0.1, -0.05) is 6.07 Å². The predicted octanol–water partition coefficient (Wildman–Crippen LogP) is 1.76. The average molecular weight is 301 g/mol. The summed E-state index contributed by atoms with van der Waals surface area (Å²) in [6, 6.07) is 3.77. The van der Waals surface area contributed by atoms with Gasteiger partial charge in [-0.15, -0.1) is 0 Å². The van der Waals surface area contributed by atoms with Gasteiger partial charge in [0.25, 0.3) is 0 Å². The molecule has 1 atom stereocenters. The molecule has 0 aromatic heterocycles. The summed E-state index contributed by atoms with van der Waals surface area (Å²) in [5, 5.41) is 9.28. The lowest BCUT2D eigenvalue weighted by Gasteiger charge is -2.30. The van der Waals surface area contributed by atoms with Gasteiger partial charge in [-0.2, -0.15) is 4.31 Å². The molecule has 20 heavy (non-hydrogen) atoms. The molecule has 1 fully saturated rings. The largest absolute Gasteiger partial charge is 0.480 e. The monoisotopic (exact) mass is 301 g/mol. The van der Waals surface area contributed by atoms with Crippen molar-refractivity contribution in [3.05, 3.63) is 29.6 Å². The van der Waals surface area contributed by atoms with Gasteiger partial charge in [0.1, 0.15) is 16.3 Å². The number of carbonyl (C=O) groups is 1. The number of benzene rings is 1. The molecule has 7 heteroatoms. The van der Waals surface area contributed by atoms with Crippen LogP contribution in [-0.4, -0.2) is 35.9 Å². The van der Waals surface area contributed by atoms with Crippen LogP contribution < -0.4 is 0 Å². The van der Waals surface area contributed by atoms with Gasteiger partial charge in [-0.3, -0.25) is 4.79 Å². The van der Waals surface area contributed by atoms with Crippen LogP contribution in [0.5, 0.6) is 0 Å². The molecule has 1 aromatic rings. The van der Waals surface area contributed by atoms with Crippen LogP contribution >= 0.6 is 0 Å². The first-order valence-electron chi connectivity index (χ1n) is 6.22. The highest BCUT2D eigenvalue weighted by Crippen LogP contribution is 2.35. The van der Waals surface area contributed by atoms with Gasteiger partial charge < -0.3 is 5.11 Å². The molecule has 0 amide bonds. The molecule has 1 aliphatic rings. The Kier molecular flexibility index (Phi) is 3.60. The number of aryl methyl sites for hydroxylation is 1. The Morgan fingerprint density at radius 3 is 2.70 bits per heavy atom. The zero-order valence-electron chi connectivity index (χ0n) is 11.3. The van der Waals surface area contributed by atoms with Crippen LogP contribution in [0.25, 0.3) is 0 Å². The standard InChI is InChI=1S/C13H16FNO4S/c1-9-4-5-10(14)11(8-9)20(18,19)15-7-3-6-13(15,2)12(16)17/h4-5,8H,3,6-7H2,1-2H3,(H,16,17). The summed E-state index contributed by atoms with van der Waals surface area (Å²) in [7, 11) is -4.17. The Balaban J connectivity index is 2.55. The molecule has 0 saturated carbocycles. The van der Waals surface area contributed by atoms with E-state index in [4.69, 9.17) is 0 Å². The third-order valence-corrected chi connectivity index (χ3v) is 5.73. The van der Waals surface area contributed by atoms with Crippen molar-refractivity contribution in [2.75, 3.05) is 6.54 Å². The van der Waals surface area contributed by atoms with E-state index >= 15 is 0 Å². The lowest BCUT2D eigenvalue weighted by atomic mass is 10.0. The molecular formula is C13H16FNO4S. The summed E-state index contributed by atoms with van der Waals surface area (Å²) in [5.74, 6) is -2.08. The van der Waals surface area contributed by atoms with E-state index in [1.54, 1.807) is 6.92 Å². The molecule has 1 unspecified atom stereocenters. The molecule has 0 bridgehead atoms. The Morgan fingerprint density at radius 2 is 2.10 bits per heavy atom. The fourth-order valence-corrected chi connectivity index (χ4v) is 4.42. The minimum Gasteiger partial charge on any atom is -0.480 e. The highest BCUT2D eigenvalue weighted by Gasteiger charge is 2.50. The van der Waals surface area contributed by atoms with Gasteiger partial charge >= 0.3 is 5.97 Å². The Morgan fingerprint density at radius 1 is 1.45 bits per heavy atom. The van der Waals surface area contributed by atoms with Crippen LogP contribution in [-0.2, 0) is 14.8 Å². The first kappa shape index (κ1) is 14.9. The molecule has 2 rings (SSSR count). The molecular weight excluding hydrogens is 285 g/mol. The zero-order valence-corrected chi connectivity index (χ0v) is 12.1. The SMILES string of the molecule is Cc1ccc(F)c(S(=O)(=O)N2CCCC2(C)C(=O)O)c1. The number of aliphatic carboxylic acids is 1. The lowest BCUT2D eigenvalue weighted by Crippen LogP contribution is -2.50. The van der Waals surface area contributed by atoms with E-state index in [0.717, 1.165) is 10.4 Å². The maximum absolute atomic E-state index is 13.8. The number of nitrogens with zero attached hydrogens (tertiary/aromatic N) is 1. The molecule has 5 nitrogen and oxygen atoms in total. The summed E-state index contributed by atoms with van der Waals surface area (Å²) in [6.07, 6.45) is 0.657. The molecule has 110 valence electrons. The van der Waals surface area contributed by atoms with Crippen LogP contribution in [0.2, 0.25) is 0 Å². The van der Waals surface area contributed by atoms with E-state index in [0.29, 0.717) is 12.0 Å². The maximum Gasteiger partial charge on any atom is 0.324 e. The van der Waals surface area contributed by atoms with Crippen LogP contribution in [0.4, 0.5) is 4.39 Å². The summed E-state index contributed by atoms with van der Waals surface area (Å²) in [6.45, 7) is 3.09. The van der Waals surface area contributed by atoms with Crippen molar-refractivity contribution in [2.24, 2.45) is 0 Å². The lowest BCUT2D eigenvalue weighted by molar-refractivity contribution is -0.146. The van der Waals surface area contributed by atoms with Crippen molar-refractivity contribution in [1.29, 1.82) is 0 Å². The number of sulfonamides is 1. The highest BCUT2D eigenvalue weighted by molar-refractivity contribution is 7.89. The van der Waals surface area contributed by atoms with Gasteiger partial charge in [0.2, 0.25) is 10.0 Å². The van der Waals surface area contributed by atoms with E-state index < -0.39 is 32.2 Å². The summed E-state index contributed by atoms with van der Waals surface area (Å²) < 4.78 is 39.8. The van der Waals surface area contributed by atoms with Crippen molar-refractivity contribution in [2.45, 2.75) is 37.1 Å². The van der Waals surface area contributed by atoms with Crippen molar-refractivity contribution in [1.82, 2.24) is 4.31 Å². The van der Waals surface area contributed by atoms with Crippen molar-refractivity contribution in [3.63, 3.8) is 0 Å². The topological polar surface area (TPSA) is 74.7 Å². The highest BCUT2D eigenvalue weighted by atomic mass is 32.2. The average Bonchev–Trinajstić information content (AvgIpc) is 2.76. The predicted molar refractivity (Wildman–Crippen MR) is 70.3 cm³/mol. The Hall–Kier alpha value is -1.47. The minimum atomic E-state index is -4.17. The number of hydrogen-bond acceptors (Lipinski definition) is 3. The number of halogens is 1. The second-order valence-corrected chi connectivity index (χ2v) is 7.02. The summed E-state index contributed by atoms with van der Waals surface area (Å²) in [4.78, 5) is 10.9. The number of carboxylic acid groups (broad SMARTS) is 1. The number of rotatable bonds is 3. The fourth-order valence-electron chi connectivity index (χ4n) is 2.46. The Bertz CT molecular complexity index is 658. The van der Waals surface area contributed by atoms with E-state index in [-0.39, 0.29) is 13.0 Å². The van der Waals surface area contributed by atoms with Gasteiger partial charge in [-0.05, 0) is 44.4 Å². The molecule has 1 N–H and O–H groups in total. The van der Waals surface area contributed by atoms with Crippen LogP contribution in [0.15, 0.2) is 23.1 Å². The fraction of sp³-hybridized carbons (Fsp3) is 0.462. The second-order valence-electron chi connectivity index (χ2n) is 5.19. The third kappa shape index (κ3) is 2.20. The summed E-state index contributed by atoms with van der Waals surface area (Å²) in [5.41, 5.74) is -0.920. The van der Waals surface area contributed by atoms with E-state index in [1.807, 2.05) is 0 Å². The summed E-state index contributed by atoms with van der Waals surface area (Å²) >= 11 is 0. The molecule has 1 saturated heterocycles. The molecule has 1 aromatic carbocycles. The van der Waals surface area contributed by atoms with Crippen LogP contribution in [0, 0.1) is 12.7 Å². The van der Waals surface area contributed by atoms with Gasteiger partial charge in [0.15, 0.2) is 0 Å². The normalized spacial score (nSPS) is 23.9. The smallest absolute Gasteiger partial charge is 0.324 e. The number of carboxylic acids is 1. The molecule has 0 aliphatic carbocycles. The van der Waals surface area contributed by atoms with Gasteiger partial charge in [0.05, 0.1) is 0 Å². The van der Waals surface area contributed by atoms with Crippen molar-refractivity contribution >= 4 is 16.0 Å². The Labute approximate surface area is 117 Å². The first-order valence-corrected chi connectivity index (χ1v) is 7.66. The third-order valence-electron chi connectivity index (χ3n) is 3.69. The van der Waals surface area contributed by atoms with Crippen molar-refractivity contribution < 1.29 is 22.7 Å². The molecule has 0 radical (unpaired) electrons. The molecule has 1 heterocycles. The second kappa shape index (κ2) is 4.82. The first-order chi connectivity index (χ1) is 9.19. The number of hydrogen-bond donors (Lipinski definition) is 1. The molecule has 0 spiro atoms. The van der Waals surface area contributed by atoms with E-state index in [1.165, 1.54) is 19.1 Å². The van der Waals surface area contributed by atoms with Crippen LogP contribution in [0.1, 0.15) is 25.3 Å². The maximum atomic E-state index is 13.8. The van der Waals surface area contributed by atoms with E-state index in [9.17, 15) is 22.7 Å². The van der Waals surface area contributed by atoms with Crippen molar-refractivity contribution in [3.8, 4) is 0 Å².